The highest BCUT2D eigenvalue weighted by Gasteiger charge is 2.34. The second-order valence-electron chi connectivity index (χ2n) is 7.97. The van der Waals surface area contributed by atoms with E-state index in [9.17, 15) is 13.2 Å². The van der Waals surface area contributed by atoms with Gasteiger partial charge >= 0.3 is 0 Å². The van der Waals surface area contributed by atoms with Crippen molar-refractivity contribution >= 4 is 0 Å². The second-order valence-corrected chi connectivity index (χ2v) is 7.97. The summed E-state index contributed by atoms with van der Waals surface area (Å²) in [6.07, 6.45) is 8.20. The molecule has 2 aliphatic carbocycles. The van der Waals surface area contributed by atoms with Crippen molar-refractivity contribution in [2.24, 2.45) is 23.7 Å². The van der Waals surface area contributed by atoms with Crippen LogP contribution in [0.1, 0.15) is 70.3 Å². The molecule has 1 aromatic carbocycles. The van der Waals surface area contributed by atoms with Crippen molar-refractivity contribution in [2.45, 2.75) is 64.7 Å². The molecular weight excluding hydrogens is 297 g/mol. The van der Waals surface area contributed by atoms with E-state index in [2.05, 4.69) is 13.8 Å². The average Bonchev–Trinajstić information content (AvgIpc) is 2.52. The lowest BCUT2D eigenvalue weighted by molar-refractivity contribution is 0.110. The second kappa shape index (κ2) is 6.86. The minimum Gasteiger partial charge on any atom is -0.204 e. The molecule has 0 bridgehead atoms. The third-order valence-corrected chi connectivity index (χ3v) is 6.35. The van der Waals surface area contributed by atoms with Gasteiger partial charge in [0, 0.05) is 0 Å². The van der Waals surface area contributed by atoms with Crippen LogP contribution < -0.4 is 0 Å². The molecule has 0 radical (unpaired) electrons. The molecule has 2 unspecified atom stereocenters. The Bertz CT molecular complexity index is 523. The van der Waals surface area contributed by atoms with Crippen molar-refractivity contribution in [1.29, 1.82) is 0 Å². The van der Waals surface area contributed by atoms with Crippen LogP contribution in [0, 0.1) is 41.1 Å². The summed E-state index contributed by atoms with van der Waals surface area (Å²) in [5.74, 6) is -0.0863. The van der Waals surface area contributed by atoms with E-state index in [1.165, 1.54) is 31.4 Å². The zero-order valence-electron chi connectivity index (χ0n) is 14.1. The van der Waals surface area contributed by atoms with E-state index in [-0.39, 0.29) is 5.92 Å². The van der Waals surface area contributed by atoms with Gasteiger partial charge in [0.1, 0.15) is 0 Å². The van der Waals surface area contributed by atoms with Gasteiger partial charge in [-0.3, -0.25) is 0 Å². The zero-order chi connectivity index (χ0) is 16.6. The van der Waals surface area contributed by atoms with Crippen LogP contribution in [0.15, 0.2) is 12.1 Å². The Morgan fingerprint density at radius 2 is 1.43 bits per heavy atom. The zero-order valence-corrected chi connectivity index (χ0v) is 14.1. The normalized spacial score (nSPS) is 35.3. The molecule has 0 N–H and O–H groups in total. The van der Waals surface area contributed by atoms with E-state index in [0.29, 0.717) is 5.56 Å². The maximum absolute atomic E-state index is 13.4. The molecule has 0 heterocycles. The van der Waals surface area contributed by atoms with Crippen LogP contribution in [-0.2, 0) is 0 Å². The highest BCUT2D eigenvalue weighted by Crippen LogP contribution is 2.46. The third-order valence-electron chi connectivity index (χ3n) is 6.35. The van der Waals surface area contributed by atoms with Crippen LogP contribution in [-0.4, -0.2) is 0 Å². The fraction of sp³-hybridized carbons (Fsp3) is 0.700. The van der Waals surface area contributed by atoms with Crippen LogP contribution in [0.4, 0.5) is 13.2 Å². The Morgan fingerprint density at radius 3 is 2.00 bits per heavy atom. The SMILES string of the molecule is CC1CCC(C2CCC(c3cc(F)c(F)c(F)c3)CC2)[C@H](C)C1. The fourth-order valence-electron chi connectivity index (χ4n) is 5.08. The van der Waals surface area contributed by atoms with Gasteiger partial charge in [0.15, 0.2) is 17.5 Å². The summed E-state index contributed by atoms with van der Waals surface area (Å²) in [5.41, 5.74) is 0.630. The van der Waals surface area contributed by atoms with Gasteiger partial charge in [-0.1, -0.05) is 20.3 Å². The van der Waals surface area contributed by atoms with E-state index in [0.717, 1.165) is 49.4 Å². The van der Waals surface area contributed by atoms with Gasteiger partial charge in [0.05, 0.1) is 0 Å². The summed E-state index contributed by atoms with van der Waals surface area (Å²) in [5, 5.41) is 0. The largest absolute Gasteiger partial charge is 0.204 e. The molecule has 3 atom stereocenters. The number of benzene rings is 1. The molecule has 0 saturated heterocycles. The van der Waals surface area contributed by atoms with E-state index >= 15 is 0 Å². The summed E-state index contributed by atoms with van der Waals surface area (Å²) < 4.78 is 40.0. The predicted molar refractivity (Wildman–Crippen MR) is 86.7 cm³/mol. The Labute approximate surface area is 137 Å². The number of halogens is 3. The minimum absolute atomic E-state index is 0.175. The van der Waals surface area contributed by atoms with E-state index < -0.39 is 17.5 Å². The van der Waals surface area contributed by atoms with Crippen LogP contribution in [0.3, 0.4) is 0 Å². The number of hydrogen-bond acceptors (Lipinski definition) is 0. The smallest absolute Gasteiger partial charge is 0.194 e. The van der Waals surface area contributed by atoms with Crippen molar-refractivity contribution < 1.29 is 13.2 Å². The summed E-state index contributed by atoms with van der Waals surface area (Å²) in [7, 11) is 0. The molecule has 0 aliphatic heterocycles. The first kappa shape index (κ1) is 16.9. The Hall–Kier alpha value is -0.990. The highest BCUT2D eigenvalue weighted by molar-refractivity contribution is 5.23. The number of rotatable bonds is 2. The van der Waals surface area contributed by atoms with Crippen LogP contribution in [0.2, 0.25) is 0 Å². The van der Waals surface area contributed by atoms with Crippen molar-refractivity contribution in [3.05, 3.63) is 35.1 Å². The lowest BCUT2D eigenvalue weighted by Gasteiger charge is -2.41. The molecule has 0 spiro atoms. The first-order valence-electron chi connectivity index (χ1n) is 9.10. The van der Waals surface area contributed by atoms with E-state index in [1.807, 2.05) is 0 Å². The standard InChI is InChI=1S/C20H27F3/c1-12-3-8-17(13(2)9-12)15-6-4-14(5-7-15)16-10-18(21)20(23)19(22)11-16/h10-15,17H,3-9H2,1-2H3/t12?,13-,14?,15?,17?/m1/s1. The average molecular weight is 324 g/mol. The van der Waals surface area contributed by atoms with Crippen molar-refractivity contribution in [1.82, 2.24) is 0 Å². The van der Waals surface area contributed by atoms with Crippen LogP contribution in [0.5, 0.6) is 0 Å². The minimum atomic E-state index is -1.35. The van der Waals surface area contributed by atoms with E-state index in [4.69, 9.17) is 0 Å². The molecule has 128 valence electrons. The monoisotopic (exact) mass is 324 g/mol. The molecule has 0 amide bonds. The molecular formula is C20H27F3. The quantitative estimate of drug-likeness (QED) is 0.548. The summed E-state index contributed by atoms with van der Waals surface area (Å²) in [6.45, 7) is 4.73. The third kappa shape index (κ3) is 3.59. The summed E-state index contributed by atoms with van der Waals surface area (Å²) in [4.78, 5) is 0. The van der Waals surface area contributed by atoms with Gasteiger partial charge in [0.25, 0.3) is 0 Å². The number of hydrogen-bond donors (Lipinski definition) is 0. The summed E-state index contributed by atoms with van der Waals surface area (Å²) in [6, 6.07) is 2.38. The Balaban J connectivity index is 1.62. The van der Waals surface area contributed by atoms with Gasteiger partial charge in [0.2, 0.25) is 0 Å². The molecule has 23 heavy (non-hydrogen) atoms. The first-order chi connectivity index (χ1) is 11.0. The fourth-order valence-corrected chi connectivity index (χ4v) is 5.08. The Morgan fingerprint density at radius 1 is 0.826 bits per heavy atom. The highest BCUT2D eigenvalue weighted by atomic mass is 19.2. The summed E-state index contributed by atoms with van der Waals surface area (Å²) >= 11 is 0. The topological polar surface area (TPSA) is 0 Å². The molecule has 1 aromatic rings. The first-order valence-corrected chi connectivity index (χ1v) is 9.10. The van der Waals surface area contributed by atoms with Gasteiger partial charge in [-0.15, -0.1) is 0 Å². The molecule has 0 aromatic heterocycles. The van der Waals surface area contributed by atoms with E-state index in [1.54, 1.807) is 0 Å². The molecule has 2 saturated carbocycles. The molecule has 2 fully saturated rings. The van der Waals surface area contributed by atoms with Gasteiger partial charge in [-0.25, -0.2) is 13.2 Å². The lowest BCUT2D eigenvalue weighted by atomic mass is 9.65. The molecule has 3 rings (SSSR count). The van der Waals surface area contributed by atoms with Crippen molar-refractivity contribution in [3.8, 4) is 0 Å². The van der Waals surface area contributed by atoms with Crippen molar-refractivity contribution in [3.63, 3.8) is 0 Å². The van der Waals surface area contributed by atoms with Crippen LogP contribution >= 0.6 is 0 Å². The predicted octanol–water partition coefficient (Wildman–Crippen LogP) is 6.45. The molecule has 0 nitrogen and oxygen atoms in total. The Kier molecular flexibility index (Phi) is 5.03. The maximum atomic E-state index is 13.4. The molecule has 3 heteroatoms. The van der Waals surface area contributed by atoms with Crippen LogP contribution in [0.25, 0.3) is 0 Å². The van der Waals surface area contributed by atoms with Gasteiger partial charge in [-0.05, 0) is 85.8 Å². The van der Waals surface area contributed by atoms with Gasteiger partial charge in [-0.2, -0.15) is 0 Å². The maximum Gasteiger partial charge on any atom is 0.194 e. The van der Waals surface area contributed by atoms with Gasteiger partial charge < -0.3 is 0 Å². The molecule has 2 aliphatic rings. The lowest BCUT2D eigenvalue weighted by Crippen LogP contribution is -2.30. The van der Waals surface area contributed by atoms with Crippen molar-refractivity contribution in [2.75, 3.05) is 0 Å².